The van der Waals surface area contributed by atoms with Gasteiger partial charge in [0.15, 0.2) is 0 Å². The highest BCUT2D eigenvalue weighted by molar-refractivity contribution is 7.90. The van der Waals surface area contributed by atoms with Gasteiger partial charge in [0.1, 0.15) is 16.8 Å². The number of sulfonamides is 1. The van der Waals surface area contributed by atoms with Gasteiger partial charge in [-0.05, 0) is 25.1 Å². The number of hydrogen-bond donors (Lipinski definition) is 2. The summed E-state index contributed by atoms with van der Waals surface area (Å²) in [6.07, 6.45) is -0.555. The summed E-state index contributed by atoms with van der Waals surface area (Å²) in [6.45, 7) is 1.93. The summed E-state index contributed by atoms with van der Waals surface area (Å²) in [5.74, 6) is -1.96. The van der Waals surface area contributed by atoms with Gasteiger partial charge in [0, 0.05) is 11.8 Å². The van der Waals surface area contributed by atoms with Crippen molar-refractivity contribution < 1.29 is 36.6 Å². The Balaban J connectivity index is 1.80. The summed E-state index contributed by atoms with van der Waals surface area (Å²) in [4.78, 5) is 31.6. The average Bonchev–Trinajstić information content (AvgIpc) is 2.63. The average molecular weight is 440 g/mol. The molecular formula is C17H17FN4O7S. The Bertz CT molecular complexity index is 1090. The monoisotopic (exact) mass is 440 g/mol. The fraction of sp³-hybridized carbons (Fsp3) is 0.294. The Hall–Kier alpha value is -3.32. The summed E-state index contributed by atoms with van der Waals surface area (Å²) in [5, 5.41) is 2.16. The number of halogens is 1. The van der Waals surface area contributed by atoms with Crippen LogP contribution in [0.15, 0.2) is 29.2 Å². The van der Waals surface area contributed by atoms with Crippen LogP contribution in [0.1, 0.15) is 16.1 Å². The van der Waals surface area contributed by atoms with Crippen LogP contribution in [0.5, 0.6) is 5.88 Å². The molecule has 0 unspecified atom stereocenters. The van der Waals surface area contributed by atoms with Crippen molar-refractivity contribution in [1.29, 1.82) is 0 Å². The zero-order valence-corrected chi connectivity index (χ0v) is 16.7. The number of benzene rings is 1. The number of carbonyl (C=O) groups excluding carboxylic acids is 2. The molecule has 0 aliphatic carbocycles. The van der Waals surface area contributed by atoms with Crippen LogP contribution in [0.2, 0.25) is 0 Å². The molecule has 11 nitrogen and oxygen atoms in total. The highest BCUT2D eigenvalue weighted by Gasteiger charge is 2.29. The van der Waals surface area contributed by atoms with Gasteiger partial charge in [0.25, 0.3) is 10.0 Å². The van der Waals surface area contributed by atoms with Gasteiger partial charge in [-0.15, -0.1) is 0 Å². The molecule has 0 saturated carbocycles. The minimum Gasteiger partial charge on any atom is -0.481 e. The Morgan fingerprint density at radius 2 is 1.97 bits per heavy atom. The number of hydrogen-bond acceptors (Lipinski definition) is 9. The molecule has 13 heteroatoms. The number of amides is 2. The Labute approximate surface area is 170 Å². The van der Waals surface area contributed by atoms with E-state index in [4.69, 9.17) is 14.2 Å². The first-order valence-corrected chi connectivity index (χ1v) is 9.98. The lowest BCUT2D eigenvalue weighted by Gasteiger charge is -2.25. The highest BCUT2D eigenvalue weighted by Crippen LogP contribution is 2.20. The SMILES string of the molecule is COc1cc(C)nc(NC(=O)NS(=O)(=O)c2ccc(F)cc2C(=O)OC2COC2)n1. The largest absolute Gasteiger partial charge is 0.481 e. The van der Waals surface area contributed by atoms with Crippen LogP contribution in [0.3, 0.4) is 0 Å². The summed E-state index contributed by atoms with van der Waals surface area (Å²) in [5.41, 5.74) is -0.0979. The van der Waals surface area contributed by atoms with Crippen molar-refractivity contribution in [2.75, 3.05) is 25.6 Å². The molecule has 1 aromatic carbocycles. The van der Waals surface area contributed by atoms with Crippen LogP contribution >= 0.6 is 0 Å². The van der Waals surface area contributed by atoms with E-state index in [-0.39, 0.29) is 25.0 Å². The number of aromatic nitrogens is 2. The van der Waals surface area contributed by atoms with Gasteiger partial charge in [-0.25, -0.2) is 32.1 Å². The van der Waals surface area contributed by atoms with Gasteiger partial charge in [0.05, 0.1) is 25.9 Å². The van der Waals surface area contributed by atoms with E-state index in [0.717, 1.165) is 12.1 Å². The zero-order valence-electron chi connectivity index (χ0n) is 15.8. The second kappa shape index (κ2) is 8.59. The fourth-order valence-corrected chi connectivity index (χ4v) is 3.48. The number of anilines is 1. The molecule has 1 aromatic heterocycles. The van der Waals surface area contributed by atoms with Crippen molar-refractivity contribution in [1.82, 2.24) is 14.7 Å². The van der Waals surface area contributed by atoms with Crippen LogP contribution in [0.25, 0.3) is 0 Å². The van der Waals surface area contributed by atoms with Gasteiger partial charge in [0.2, 0.25) is 11.8 Å². The standard InChI is InChI=1S/C17H17FN4O7S/c1-9-5-14(27-2)20-16(19-9)21-17(24)22-30(25,26)13-4-3-10(18)6-12(13)15(23)29-11-7-28-8-11/h3-6,11H,7-8H2,1-2H3,(H2,19,20,21,22,24). The van der Waals surface area contributed by atoms with Gasteiger partial charge < -0.3 is 14.2 Å². The molecule has 3 rings (SSSR count). The number of rotatable bonds is 6. The number of nitrogens with one attached hydrogen (secondary N) is 2. The Morgan fingerprint density at radius 3 is 2.60 bits per heavy atom. The lowest BCUT2D eigenvalue weighted by molar-refractivity contribution is -0.103. The van der Waals surface area contributed by atoms with E-state index in [2.05, 4.69) is 15.3 Å². The molecule has 1 saturated heterocycles. The first-order valence-electron chi connectivity index (χ1n) is 8.49. The van der Waals surface area contributed by atoms with E-state index in [9.17, 15) is 22.4 Å². The van der Waals surface area contributed by atoms with Crippen LogP contribution in [0, 0.1) is 12.7 Å². The van der Waals surface area contributed by atoms with Gasteiger partial charge in [-0.1, -0.05) is 0 Å². The lowest BCUT2D eigenvalue weighted by atomic mass is 10.2. The molecule has 0 atom stereocenters. The number of ether oxygens (including phenoxy) is 3. The van der Waals surface area contributed by atoms with E-state index in [1.807, 2.05) is 0 Å². The summed E-state index contributed by atoms with van der Waals surface area (Å²) >= 11 is 0. The highest BCUT2D eigenvalue weighted by atomic mass is 32.2. The molecule has 1 aliphatic rings. The lowest BCUT2D eigenvalue weighted by Crippen LogP contribution is -2.39. The normalized spacial score (nSPS) is 13.8. The number of methoxy groups -OCH3 is 1. The minimum atomic E-state index is -4.57. The predicted molar refractivity (Wildman–Crippen MR) is 99.1 cm³/mol. The number of aryl methyl sites for hydroxylation is 1. The number of urea groups is 1. The summed E-state index contributed by atoms with van der Waals surface area (Å²) < 4.78 is 55.5. The molecule has 2 aromatic rings. The first kappa shape index (κ1) is 21.4. The predicted octanol–water partition coefficient (Wildman–Crippen LogP) is 0.999. The van der Waals surface area contributed by atoms with Crippen LogP contribution in [0.4, 0.5) is 15.1 Å². The number of carbonyl (C=O) groups is 2. The quantitative estimate of drug-likeness (QED) is 0.628. The van der Waals surface area contributed by atoms with Crippen molar-refractivity contribution in [2.24, 2.45) is 0 Å². The number of nitrogens with zero attached hydrogens (tertiary/aromatic N) is 2. The topological polar surface area (TPSA) is 146 Å². The third-order valence-corrected chi connectivity index (χ3v) is 5.21. The van der Waals surface area contributed by atoms with Gasteiger partial charge >= 0.3 is 12.0 Å². The molecule has 1 fully saturated rings. The van der Waals surface area contributed by atoms with Crippen molar-refractivity contribution in [2.45, 2.75) is 17.9 Å². The fourth-order valence-electron chi connectivity index (χ4n) is 2.40. The van der Waals surface area contributed by atoms with Crippen LogP contribution in [-0.4, -0.2) is 56.8 Å². The van der Waals surface area contributed by atoms with E-state index in [0.29, 0.717) is 11.8 Å². The van der Waals surface area contributed by atoms with Gasteiger partial charge in [-0.2, -0.15) is 4.98 Å². The zero-order chi connectivity index (χ0) is 21.9. The van der Waals surface area contributed by atoms with E-state index in [1.165, 1.54) is 13.2 Å². The number of esters is 1. The molecule has 0 spiro atoms. The molecular weight excluding hydrogens is 423 g/mol. The summed E-state index contributed by atoms with van der Waals surface area (Å²) in [7, 11) is -3.21. The maximum atomic E-state index is 13.6. The van der Waals surface area contributed by atoms with Crippen LogP contribution in [-0.2, 0) is 19.5 Å². The van der Waals surface area contributed by atoms with E-state index in [1.54, 1.807) is 11.6 Å². The molecule has 0 bridgehead atoms. The van der Waals surface area contributed by atoms with Crippen molar-refractivity contribution in [3.63, 3.8) is 0 Å². The summed E-state index contributed by atoms with van der Waals surface area (Å²) in [6, 6.07) is 2.71. The van der Waals surface area contributed by atoms with Crippen LogP contribution < -0.4 is 14.8 Å². The molecule has 2 N–H and O–H groups in total. The smallest absolute Gasteiger partial charge is 0.340 e. The van der Waals surface area contributed by atoms with E-state index >= 15 is 0 Å². The molecule has 2 heterocycles. The molecule has 30 heavy (non-hydrogen) atoms. The first-order chi connectivity index (χ1) is 14.2. The Kier molecular flexibility index (Phi) is 6.12. The van der Waals surface area contributed by atoms with Gasteiger partial charge in [-0.3, -0.25) is 5.32 Å². The third-order valence-electron chi connectivity index (χ3n) is 3.82. The molecule has 1 aliphatic heterocycles. The Morgan fingerprint density at radius 1 is 1.23 bits per heavy atom. The third kappa shape index (κ3) is 4.99. The van der Waals surface area contributed by atoms with Crippen molar-refractivity contribution >= 4 is 28.0 Å². The second-order valence-electron chi connectivity index (χ2n) is 6.14. The minimum absolute atomic E-state index is 0.156. The maximum absolute atomic E-state index is 13.6. The molecule has 160 valence electrons. The molecule has 2 amide bonds. The maximum Gasteiger partial charge on any atom is 0.340 e. The van der Waals surface area contributed by atoms with Crippen molar-refractivity contribution in [3.8, 4) is 5.88 Å². The molecule has 0 radical (unpaired) electrons. The second-order valence-corrected chi connectivity index (χ2v) is 7.79. The van der Waals surface area contributed by atoms with E-state index < -0.39 is 44.4 Å². The van der Waals surface area contributed by atoms with Crippen molar-refractivity contribution in [3.05, 3.63) is 41.3 Å².